The maximum Gasteiger partial charge on any atom is 0.453 e. The summed E-state index contributed by atoms with van der Waals surface area (Å²) in [7, 11) is 2.11. The van der Waals surface area contributed by atoms with Crippen molar-refractivity contribution in [1.82, 2.24) is 4.90 Å². The van der Waals surface area contributed by atoms with Crippen LogP contribution in [0.2, 0.25) is 0 Å². The molecule has 0 radical (unpaired) electrons. The second-order valence-electron chi connectivity index (χ2n) is 12.8. The molecule has 2 saturated carbocycles. The fourth-order valence-electron chi connectivity index (χ4n) is 7.71. The van der Waals surface area contributed by atoms with Crippen LogP contribution in [0.4, 0.5) is 22.0 Å². The Hall–Kier alpha value is -1.59. The minimum atomic E-state index is -5.59. The van der Waals surface area contributed by atoms with Crippen LogP contribution in [0, 0.1) is 23.2 Å². The van der Waals surface area contributed by atoms with Crippen molar-refractivity contribution >= 4 is 16.8 Å². The fraction of sp³-hybridized carbons (Fsp3) is 0.767. The molecule has 0 saturated heterocycles. The predicted molar refractivity (Wildman–Crippen MR) is 147 cm³/mol. The normalized spacial score (nSPS) is 30.4. The molecule has 1 aromatic carbocycles. The van der Waals surface area contributed by atoms with Crippen molar-refractivity contribution in [3.8, 4) is 5.75 Å². The lowest BCUT2D eigenvalue weighted by Gasteiger charge is -2.53. The number of likely N-dealkylation sites (N-methyl/N-ethyl adjacent to an activating group) is 1. The zero-order valence-corrected chi connectivity index (χ0v) is 24.8. The van der Waals surface area contributed by atoms with Gasteiger partial charge in [-0.25, -0.2) is 0 Å². The number of aliphatic hydroxyl groups excluding tert-OH is 1. The van der Waals surface area contributed by atoms with Crippen LogP contribution in [-0.4, -0.2) is 70.5 Å². The summed E-state index contributed by atoms with van der Waals surface area (Å²) >= 11 is 0. The standard InChI is InChI=1S/C30H42F5NO4S/c1-28-13-11-23-22-8-7-21(40-26(38)18-36(2)3)17-20(22)16-19(27(23)24(28)9-10-25(28)37)6-4-14-41(39)15-5-12-29(31,32)30(33,34)35/h7-8,17,19,23-25,27,37H,4-6,9-16,18H2,1-3H3/t19-,23-,24+,25+,27-,28+,41?/m1/s1. The number of hydrogen-bond donors (Lipinski definition) is 1. The number of carbonyl (C=O) groups excluding carboxylic acids is 1. The van der Waals surface area contributed by atoms with Gasteiger partial charge in [0.05, 0.1) is 12.6 Å². The van der Waals surface area contributed by atoms with Gasteiger partial charge in [0, 0.05) is 28.7 Å². The second kappa shape index (κ2) is 12.6. The molecule has 232 valence electrons. The molecule has 11 heteroatoms. The first-order valence-electron chi connectivity index (χ1n) is 14.6. The molecule has 0 aromatic heterocycles. The van der Waals surface area contributed by atoms with Crippen LogP contribution >= 0.6 is 0 Å². The third-order valence-corrected chi connectivity index (χ3v) is 11.2. The lowest BCUT2D eigenvalue weighted by molar-refractivity contribution is -0.284. The molecular formula is C30H42F5NO4S. The summed E-state index contributed by atoms with van der Waals surface area (Å²) < 4.78 is 81.7. The van der Waals surface area contributed by atoms with E-state index in [-0.39, 0.29) is 41.5 Å². The van der Waals surface area contributed by atoms with Gasteiger partial charge in [0.15, 0.2) is 0 Å². The summed E-state index contributed by atoms with van der Waals surface area (Å²) in [6, 6.07) is 5.87. The van der Waals surface area contributed by atoms with Gasteiger partial charge in [-0.3, -0.25) is 13.9 Å². The first kappa shape index (κ1) is 32.3. The van der Waals surface area contributed by atoms with Crippen LogP contribution in [0.25, 0.3) is 0 Å². The summed E-state index contributed by atoms with van der Waals surface area (Å²) in [5, 5.41) is 10.9. The molecule has 1 aromatic rings. The van der Waals surface area contributed by atoms with Crippen molar-refractivity contribution in [1.29, 1.82) is 0 Å². The molecule has 4 rings (SSSR count). The van der Waals surface area contributed by atoms with E-state index >= 15 is 0 Å². The van der Waals surface area contributed by atoms with E-state index in [2.05, 4.69) is 13.0 Å². The third kappa shape index (κ3) is 7.15. The molecule has 3 aliphatic carbocycles. The molecule has 0 amide bonds. The number of esters is 1. The van der Waals surface area contributed by atoms with E-state index in [0.29, 0.717) is 29.9 Å². The molecule has 0 bridgehead atoms. The third-order valence-electron chi connectivity index (χ3n) is 9.72. The van der Waals surface area contributed by atoms with Gasteiger partial charge in [-0.2, -0.15) is 22.0 Å². The highest BCUT2D eigenvalue weighted by atomic mass is 32.2. The van der Waals surface area contributed by atoms with Crippen molar-refractivity contribution in [3.63, 3.8) is 0 Å². The molecule has 1 N–H and O–H groups in total. The second-order valence-corrected chi connectivity index (χ2v) is 14.5. The summed E-state index contributed by atoms with van der Waals surface area (Å²) in [6.45, 7) is 2.36. The lowest BCUT2D eigenvalue weighted by atomic mass is 9.52. The van der Waals surface area contributed by atoms with E-state index in [9.17, 15) is 36.1 Å². The quantitative estimate of drug-likeness (QED) is 0.187. The minimum absolute atomic E-state index is 0.148. The van der Waals surface area contributed by atoms with Gasteiger partial charge in [0.2, 0.25) is 0 Å². The molecule has 41 heavy (non-hydrogen) atoms. The van der Waals surface area contributed by atoms with Crippen molar-refractivity contribution in [2.45, 2.75) is 88.8 Å². The molecule has 0 spiro atoms. The summed E-state index contributed by atoms with van der Waals surface area (Å²) in [4.78, 5) is 14.0. The van der Waals surface area contributed by atoms with E-state index in [0.717, 1.165) is 44.1 Å². The molecule has 2 fully saturated rings. The summed E-state index contributed by atoms with van der Waals surface area (Å²) in [5.74, 6) is -3.31. The molecule has 0 aliphatic heterocycles. The van der Waals surface area contributed by atoms with Gasteiger partial charge in [0.25, 0.3) is 0 Å². The predicted octanol–water partition coefficient (Wildman–Crippen LogP) is 6.10. The number of carbonyl (C=O) groups is 1. The monoisotopic (exact) mass is 607 g/mol. The highest BCUT2D eigenvalue weighted by Crippen LogP contribution is 2.62. The number of fused-ring (bicyclic) bond motifs is 5. The number of ether oxygens (including phenoxy) is 1. The smallest absolute Gasteiger partial charge is 0.426 e. The Labute approximate surface area is 241 Å². The highest BCUT2D eigenvalue weighted by Gasteiger charge is 2.57. The van der Waals surface area contributed by atoms with Crippen molar-refractivity contribution in [3.05, 3.63) is 29.3 Å². The first-order chi connectivity index (χ1) is 19.1. The number of alkyl halides is 5. The number of aliphatic hydroxyl groups is 1. The van der Waals surface area contributed by atoms with Crippen LogP contribution in [-0.2, 0) is 22.0 Å². The van der Waals surface area contributed by atoms with E-state index in [4.69, 9.17) is 4.74 Å². The van der Waals surface area contributed by atoms with Crippen LogP contribution in [0.3, 0.4) is 0 Å². The number of rotatable bonds is 11. The average Bonchev–Trinajstić information content (AvgIpc) is 3.16. The number of hydrogen-bond acceptors (Lipinski definition) is 5. The van der Waals surface area contributed by atoms with Crippen LogP contribution in [0.15, 0.2) is 18.2 Å². The number of nitrogens with zero attached hydrogens (tertiary/aromatic N) is 1. The molecule has 5 nitrogen and oxygen atoms in total. The average molecular weight is 608 g/mol. The molecule has 1 unspecified atom stereocenters. The number of halogens is 5. The Bertz CT molecular complexity index is 1110. The Kier molecular flexibility index (Phi) is 9.91. The van der Waals surface area contributed by atoms with Crippen LogP contribution in [0.5, 0.6) is 5.75 Å². The fourth-order valence-corrected chi connectivity index (χ4v) is 8.87. The van der Waals surface area contributed by atoms with Crippen molar-refractivity contribution in [2.24, 2.45) is 23.2 Å². The maximum absolute atomic E-state index is 13.2. The van der Waals surface area contributed by atoms with Gasteiger partial charge < -0.3 is 9.84 Å². The summed E-state index contributed by atoms with van der Waals surface area (Å²) in [6.07, 6.45) is -2.05. The SMILES string of the molecule is CN(C)CC(=O)Oc1ccc2c(c1)C[C@@H](CCCS(=O)CCCC(F)(F)C(F)(F)F)[C@@H]1[C@@H]2CC[C@]2(C)[C@@H](O)CC[C@@H]12. The van der Waals surface area contributed by atoms with Gasteiger partial charge in [-0.15, -0.1) is 0 Å². The first-order valence-corrected chi connectivity index (χ1v) is 16.1. The Morgan fingerprint density at radius 2 is 1.83 bits per heavy atom. The van der Waals surface area contributed by atoms with E-state index < -0.39 is 35.7 Å². The van der Waals surface area contributed by atoms with Gasteiger partial charge >= 0.3 is 18.1 Å². The number of benzene rings is 1. The Morgan fingerprint density at radius 3 is 2.51 bits per heavy atom. The van der Waals surface area contributed by atoms with E-state index in [1.165, 1.54) is 5.56 Å². The van der Waals surface area contributed by atoms with Crippen LogP contribution in [0.1, 0.15) is 75.3 Å². The van der Waals surface area contributed by atoms with Crippen LogP contribution < -0.4 is 4.74 Å². The Morgan fingerprint density at radius 1 is 1.12 bits per heavy atom. The lowest BCUT2D eigenvalue weighted by Crippen LogP contribution is -2.47. The Balaban J connectivity index is 1.45. The summed E-state index contributed by atoms with van der Waals surface area (Å²) in [5.41, 5.74) is 2.24. The van der Waals surface area contributed by atoms with Gasteiger partial charge in [-0.05, 0) is 118 Å². The van der Waals surface area contributed by atoms with E-state index in [1.807, 2.05) is 12.1 Å². The van der Waals surface area contributed by atoms with E-state index in [1.54, 1.807) is 19.0 Å². The largest absolute Gasteiger partial charge is 0.453 e. The zero-order valence-electron chi connectivity index (χ0n) is 24.0. The highest BCUT2D eigenvalue weighted by molar-refractivity contribution is 7.84. The molecule has 3 aliphatic rings. The van der Waals surface area contributed by atoms with Gasteiger partial charge in [0.1, 0.15) is 5.75 Å². The molecule has 7 atom stereocenters. The van der Waals surface area contributed by atoms with Gasteiger partial charge in [-0.1, -0.05) is 13.0 Å². The molecular weight excluding hydrogens is 565 g/mol. The maximum atomic E-state index is 13.2. The molecule has 0 heterocycles. The minimum Gasteiger partial charge on any atom is -0.426 e. The van der Waals surface area contributed by atoms with Crippen molar-refractivity contribution in [2.75, 3.05) is 32.1 Å². The van der Waals surface area contributed by atoms with Crippen molar-refractivity contribution < 1.29 is 40.8 Å². The zero-order chi connectivity index (χ0) is 30.2. The topological polar surface area (TPSA) is 66.8 Å².